The predicted molar refractivity (Wildman–Crippen MR) is 60.1 cm³/mol. The van der Waals surface area contributed by atoms with Crippen LogP contribution in [0, 0.1) is 0 Å². The van der Waals surface area contributed by atoms with Crippen LogP contribution in [-0.2, 0) is 44.4 Å². The maximum atomic E-state index is 10.7. The van der Waals surface area contributed by atoms with E-state index >= 15 is 0 Å². The van der Waals surface area contributed by atoms with Crippen molar-refractivity contribution in [1.29, 1.82) is 0 Å². The Morgan fingerprint density at radius 1 is 0.667 bits per heavy atom. The normalized spacial score (nSPS) is 10.0. The van der Waals surface area contributed by atoms with Gasteiger partial charge in [-0.15, -0.1) is 0 Å². The van der Waals surface area contributed by atoms with Gasteiger partial charge in [-0.3, -0.25) is 0 Å². The van der Waals surface area contributed by atoms with E-state index in [4.69, 9.17) is 0 Å². The maximum Gasteiger partial charge on any atom is 0.584 e. The van der Waals surface area contributed by atoms with E-state index in [2.05, 4.69) is 44.4 Å². The first-order valence-corrected chi connectivity index (χ1v) is 6.22. The molecular formula is C10H18O11. The fraction of sp³-hybridized carbons (Fsp3) is 0.800. The molecule has 0 unspecified atom stereocenters. The zero-order valence-electron chi connectivity index (χ0n) is 11.7. The monoisotopic (exact) mass is 314 g/mol. The Morgan fingerprint density at radius 3 is 1.67 bits per heavy atom. The summed E-state index contributed by atoms with van der Waals surface area (Å²) in [6.45, 7) is 4.33. The van der Waals surface area contributed by atoms with Gasteiger partial charge in [0.1, 0.15) is 0 Å². The Kier molecular flexibility index (Phi) is 13.6. The fourth-order valence-electron chi connectivity index (χ4n) is 0.684. The smallest absolute Gasteiger partial charge is 0.226 e. The van der Waals surface area contributed by atoms with Crippen molar-refractivity contribution < 1.29 is 54.0 Å². The van der Waals surface area contributed by atoms with E-state index in [0.29, 0.717) is 6.42 Å². The summed E-state index contributed by atoms with van der Waals surface area (Å²) in [5, 5.41) is 11.8. The maximum absolute atomic E-state index is 10.7. The van der Waals surface area contributed by atoms with Crippen LogP contribution in [0.4, 0.5) is 9.59 Å². The summed E-state index contributed by atoms with van der Waals surface area (Å²) in [6.07, 6.45) is 0.142. The molecule has 0 radical (unpaired) electrons. The lowest BCUT2D eigenvalue weighted by Crippen LogP contribution is -2.15. The largest absolute Gasteiger partial charge is 0.584 e. The zero-order valence-corrected chi connectivity index (χ0v) is 11.7. The third-order valence-electron chi connectivity index (χ3n) is 1.67. The highest BCUT2D eigenvalue weighted by Gasteiger charge is 2.15. The van der Waals surface area contributed by atoms with Gasteiger partial charge in [0.05, 0.1) is 13.2 Å². The number of hydrogen-bond acceptors (Lipinski definition) is 11. The Morgan fingerprint density at radius 2 is 1.14 bits per heavy atom. The van der Waals surface area contributed by atoms with Crippen molar-refractivity contribution in [1.82, 2.24) is 0 Å². The molecular weight excluding hydrogens is 296 g/mol. The Hall–Kier alpha value is -1.66. The summed E-state index contributed by atoms with van der Waals surface area (Å²) in [5.41, 5.74) is 0. The van der Waals surface area contributed by atoms with E-state index in [1.54, 1.807) is 0 Å². The van der Waals surface area contributed by atoms with E-state index in [9.17, 15) is 9.59 Å². The van der Waals surface area contributed by atoms with E-state index in [-0.39, 0.29) is 13.2 Å². The lowest BCUT2D eigenvalue weighted by Gasteiger charge is -2.02. The van der Waals surface area contributed by atoms with Crippen molar-refractivity contribution in [2.75, 3.05) is 13.2 Å². The molecule has 0 aliphatic heterocycles. The molecule has 0 spiro atoms. The first kappa shape index (κ1) is 19.3. The standard InChI is InChI=1S/C10H18O11/c1-3-5-7-13-19-17-9(11)15-16-10(12)18-21-20-14-8-6-4-2/h3-8H2,1-2H3. The number of carbonyl (C=O) groups is 2. The highest BCUT2D eigenvalue weighted by molar-refractivity contribution is 5.62. The quantitative estimate of drug-likeness (QED) is 0.318. The molecule has 11 heteroatoms. The molecule has 0 aromatic rings. The average molecular weight is 314 g/mol. The molecule has 11 nitrogen and oxygen atoms in total. The minimum absolute atomic E-state index is 0.218. The van der Waals surface area contributed by atoms with E-state index in [1.807, 2.05) is 13.8 Å². The van der Waals surface area contributed by atoms with Gasteiger partial charge >= 0.3 is 12.3 Å². The van der Waals surface area contributed by atoms with Crippen molar-refractivity contribution in [3.63, 3.8) is 0 Å². The number of unbranched alkanes of at least 4 members (excludes halogenated alkanes) is 2. The van der Waals surface area contributed by atoms with Crippen molar-refractivity contribution in [3.05, 3.63) is 0 Å². The van der Waals surface area contributed by atoms with Gasteiger partial charge in [-0.1, -0.05) is 26.7 Å². The molecule has 0 aliphatic rings. The van der Waals surface area contributed by atoms with E-state index in [1.165, 1.54) is 0 Å². The average Bonchev–Trinajstić information content (AvgIpc) is 2.48. The molecule has 0 bridgehead atoms. The summed E-state index contributed by atoms with van der Waals surface area (Å²) < 4.78 is 0. The van der Waals surface area contributed by atoms with Crippen molar-refractivity contribution in [2.45, 2.75) is 39.5 Å². The first-order chi connectivity index (χ1) is 10.2. The minimum Gasteiger partial charge on any atom is -0.226 e. The first-order valence-electron chi connectivity index (χ1n) is 6.22. The summed E-state index contributed by atoms with van der Waals surface area (Å²) >= 11 is 0. The molecule has 124 valence electrons. The molecule has 0 heterocycles. The van der Waals surface area contributed by atoms with Gasteiger partial charge in [-0.05, 0) is 22.9 Å². The second kappa shape index (κ2) is 14.7. The van der Waals surface area contributed by atoms with Gasteiger partial charge in [0.2, 0.25) is 0 Å². The molecule has 21 heavy (non-hydrogen) atoms. The van der Waals surface area contributed by atoms with Crippen LogP contribution in [-0.4, -0.2) is 25.5 Å². The van der Waals surface area contributed by atoms with E-state index < -0.39 is 12.3 Å². The number of carbonyl (C=O) groups excluding carboxylic acids is 2. The summed E-state index contributed by atoms with van der Waals surface area (Å²) in [4.78, 5) is 45.6. The summed E-state index contributed by atoms with van der Waals surface area (Å²) in [6, 6.07) is 0. The van der Waals surface area contributed by atoms with E-state index in [0.717, 1.165) is 19.3 Å². The molecule has 0 aromatic heterocycles. The molecule has 0 saturated carbocycles. The highest BCUT2D eigenvalue weighted by Crippen LogP contribution is 1.96. The number of hydrogen-bond donors (Lipinski definition) is 0. The summed E-state index contributed by atoms with van der Waals surface area (Å²) in [7, 11) is 0. The minimum atomic E-state index is -1.54. The molecule has 0 aliphatic carbocycles. The van der Waals surface area contributed by atoms with Crippen LogP contribution < -0.4 is 0 Å². The topological polar surface area (TPSA) is 117 Å². The van der Waals surface area contributed by atoms with Crippen LogP contribution in [0.5, 0.6) is 0 Å². The Bertz CT molecular complexity index is 270. The zero-order chi connectivity index (χ0) is 15.8. The third-order valence-corrected chi connectivity index (χ3v) is 1.67. The SMILES string of the molecule is CCCCOOOOC(=O)OOC(=O)OOOCCCC. The second-order valence-electron chi connectivity index (χ2n) is 3.39. The van der Waals surface area contributed by atoms with Crippen LogP contribution in [0.2, 0.25) is 0 Å². The predicted octanol–water partition coefficient (Wildman–Crippen LogP) is 2.47. The van der Waals surface area contributed by atoms with Crippen LogP contribution >= 0.6 is 0 Å². The second-order valence-corrected chi connectivity index (χ2v) is 3.39. The molecule has 0 saturated heterocycles. The van der Waals surface area contributed by atoms with Gasteiger partial charge < -0.3 is 0 Å². The van der Waals surface area contributed by atoms with Crippen molar-refractivity contribution in [2.24, 2.45) is 0 Å². The van der Waals surface area contributed by atoms with Gasteiger partial charge in [-0.2, -0.15) is 24.3 Å². The van der Waals surface area contributed by atoms with Crippen LogP contribution in [0.3, 0.4) is 0 Å². The Balaban J connectivity index is 3.36. The van der Waals surface area contributed by atoms with Crippen molar-refractivity contribution >= 4 is 12.3 Å². The van der Waals surface area contributed by atoms with Crippen LogP contribution in [0.15, 0.2) is 0 Å². The molecule has 0 N–H and O–H groups in total. The third kappa shape index (κ3) is 14.6. The molecule has 0 rings (SSSR count). The molecule has 0 fully saturated rings. The Labute approximate surface area is 120 Å². The lowest BCUT2D eigenvalue weighted by atomic mass is 10.4. The van der Waals surface area contributed by atoms with Gasteiger partial charge in [0.25, 0.3) is 0 Å². The van der Waals surface area contributed by atoms with Crippen LogP contribution in [0.25, 0.3) is 0 Å². The number of rotatable bonds is 11. The highest BCUT2D eigenvalue weighted by atomic mass is 17.7. The lowest BCUT2D eigenvalue weighted by molar-refractivity contribution is -0.620. The van der Waals surface area contributed by atoms with Crippen LogP contribution in [0.1, 0.15) is 39.5 Å². The van der Waals surface area contributed by atoms with Gasteiger partial charge in [0, 0.05) is 5.04 Å². The van der Waals surface area contributed by atoms with Gasteiger partial charge in [-0.25, -0.2) is 14.7 Å². The van der Waals surface area contributed by atoms with Crippen molar-refractivity contribution in [3.8, 4) is 0 Å². The fourth-order valence-corrected chi connectivity index (χ4v) is 0.684. The summed E-state index contributed by atoms with van der Waals surface area (Å²) in [5.74, 6) is 0. The molecule has 0 amide bonds. The molecule has 0 aromatic carbocycles. The molecule has 0 atom stereocenters. The van der Waals surface area contributed by atoms with Gasteiger partial charge in [0.15, 0.2) is 0 Å².